The van der Waals surface area contributed by atoms with Crippen molar-refractivity contribution in [3.8, 4) is 0 Å². The van der Waals surface area contributed by atoms with Crippen LogP contribution in [0.25, 0.3) is 0 Å². The van der Waals surface area contributed by atoms with Gasteiger partial charge in [-0.05, 0) is 24.9 Å². The minimum Gasteiger partial charge on any atom is -0.398 e. The lowest BCUT2D eigenvalue weighted by atomic mass is 10.3. The van der Waals surface area contributed by atoms with Crippen molar-refractivity contribution in [1.29, 1.82) is 0 Å². The Labute approximate surface area is 78.3 Å². The molecule has 0 saturated heterocycles. The maximum atomic E-state index is 5.61. The highest BCUT2D eigenvalue weighted by Gasteiger charge is 1.91. The number of anilines is 1. The summed E-state index contributed by atoms with van der Waals surface area (Å²) >= 11 is 1.67. The molecule has 0 unspecified atom stereocenters. The number of para-hydroxylation sites is 1. The molecule has 0 atom stereocenters. The van der Waals surface area contributed by atoms with Crippen LogP contribution in [0.5, 0.6) is 0 Å². The van der Waals surface area contributed by atoms with E-state index in [1.54, 1.807) is 11.8 Å². The van der Waals surface area contributed by atoms with Crippen LogP contribution in [0.2, 0.25) is 0 Å². The average Bonchev–Trinajstić information content (AvgIpc) is 2.07. The minimum absolute atomic E-state index is 0.750. The molecule has 0 aliphatic carbocycles. The first-order valence-electron chi connectivity index (χ1n) is 3.84. The van der Waals surface area contributed by atoms with Crippen molar-refractivity contribution in [2.75, 3.05) is 18.5 Å². The Hall–Kier alpha value is -0.670. The van der Waals surface area contributed by atoms with Crippen LogP contribution in [0.1, 0.15) is 6.92 Å². The molecule has 3 heteroatoms. The van der Waals surface area contributed by atoms with Gasteiger partial charge < -0.3 is 11.5 Å². The van der Waals surface area contributed by atoms with Gasteiger partial charge in [0.2, 0.25) is 0 Å². The summed E-state index contributed by atoms with van der Waals surface area (Å²) in [6.45, 7) is 2.65. The fraction of sp³-hybridized carbons (Fsp3) is 0.333. The van der Waals surface area contributed by atoms with Gasteiger partial charge in [-0.3, -0.25) is 0 Å². The van der Waals surface area contributed by atoms with Crippen molar-refractivity contribution in [3.63, 3.8) is 0 Å². The third kappa shape index (κ3) is 4.26. The molecule has 0 aliphatic heterocycles. The molecule has 1 aromatic rings. The van der Waals surface area contributed by atoms with Gasteiger partial charge in [0.1, 0.15) is 0 Å². The topological polar surface area (TPSA) is 52.0 Å². The summed E-state index contributed by atoms with van der Waals surface area (Å²) in [5.74, 6) is 0. The van der Waals surface area contributed by atoms with E-state index in [1.165, 1.54) is 0 Å². The van der Waals surface area contributed by atoms with Gasteiger partial charge >= 0.3 is 0 Å². The van der Waals surface area contributed by atoms with Crippen molar-refractivity contribution in [1.82, 2.24) is 0 Å². The van der Waals surface area contributed by atoms with Gasteiger partial charge in [0.15, 0.2) is 0 Å². The Morgan fingerprint density at radius 3 is 2.17 bits per heavy atom. The summed E-state index contributed by atoms with van der Waals surface area (Å²) in [6.07, 6.45) is 2.02. The summed E-state index contributed by atoms with van der Waals surface area (Å²) in [5.41, 5.74) is 11.3. The molecule has 12 heavy (non-hydrogen) atoms. The van der Waals surface area contributed by atoms with Crippen molar-refractivity contribution in [2.24, 2.45) is 5.73 Å². The second kappa shape index (κ2) is 7.00. The van der Waals surface area contributed by atoms with Crippen LogP contribution < -0.4 is 11.5 Å². The highest BCUT2D eigenvalue weighted by atomic mass is 32.2. The molecule has 4 N–H and O–H groups in total. The molecule has 0 bridgehead atoms. The lowest BCUT2D eigenvalue weighted by Gasteiger charge is -1.97. The van der Waals surface area contributed by atoms with Gasteiger partial charge in [0, 0.05) is 10.6 Å². The van der Waals surface area contributed by atoms with E-state index in [4.69, 9.17) is 11.5 Å². The molecule has 0 aliphatic rings. The summed E-state index contributed by atoms with van der Waals surface area (Å²) < 4.78 is 0. The highest BCUT2D eigenvalue weighted by molar-refractivity contribution is 7.98. The second-order valence-corrected chi connectivity index (χ2v) is 3.00. The maximum Gasteiger partial charge on any atom is 0.0452 e. The fourth-order valence-electron chi connectivity index (χ4n) is 0.666. The molecule has 1 rings (SSSR count). The number of hydrogen-bond donors (Lipinski definition) is 2. The van der Waals surface area contributed by atoms with Gasteiger partial charge in [-0.25, -0.2) is 0 Å². The summed E-state index contributed by atoms with van der Waals surface area (Å²) in [4.78, 5) is 1.15. The smallest absolute Gasteiger partial charge is 0.0452 e. The second-order valence-electron chi connectivity index (χ2n) is 2.15. The van der Waals surface area contributed by atoms with E-state index in [2.05, 4.69) is 0 Å². The summed E-state index contributed by atoms with van der Waals surface area (Å²) in [5, 5.41) is 0. The van der Waals surface area contributed by atoms with Crippen LogP contribution in [0.3, 0.4) is 0 Å². The number of thioether (sulfide) groups is 1. The Kier molecular flexibility index (Phi) is 6.61. The molecule has 0 amide bonds. The Morgan fingerprint density at radius 2 is 1.83 bits per heavy atom. The molecule has 2 nitrogen and oxygen atoms in total. The van der Waals surface area contributed by atoms with E-state index in [0.29, 0.717) is 0 Å². The van der Waals surface area contributed by atoms with Crippen LogP contribution in [0, 0.1) is 0 Å². The highest BCUT2D eigenvalue weighted by Crippen LogP contribution is 2.20. The number of nitrogens with two attached hydrogens (primary N) is 2. The zero-order valence-electron chi connectivity index (χ0n) is 7.58. The van der Waals surface area contributed by atoms with Crippen LogP contribution >= 0.6 is 11.8 Å². The summed E-state index contributed by atoms with van der Waals surface area (Å²) in [6, 6.07) is 7.85. The van der Waals surface area contributed by atoms with Crippen molar-refractivity contribution < 1.29 is 0 Å². The van der Waals surface area contributed by atoms with Gasteiger partial charge in [0.05, 0.1) is 0 Å². The zero-order chi connectivity index (χ0) is 9.40. The molecule has 0 heterocycles. The largest absolute Gasteiger partial charge is 0.398 e. The van der Waals surface area contributed by atoms with Gasteiger partial charge in [-0.15, -0.1) is 11.8 Å². The van der Waals surface area contributed by atoms with E-state index in [1.807, 2.05) is 37.4 Å². The maximum absolute atomic E-state index is 5.61. The van der Waals surface area contributed by atoms with Gasteiger partial charge in [0.25, 0.3) is 0 Å². The molecule has 0 spiro atoms. The predicted octanol–water partition coefficient (Wildman–Crippen LogP) is 1.96. The molecule has 0 aromatic heterocycles. The first kappa shape index (κ1) is 11.3. The lowest BCUT2D eigenvalue weighted by Crippen LogP contribution is -1.87. The lowest BCUT2D eigenvalue weighted by molar-refractivity contribution is 1.14. The first-order valence-corrected chi connectivity index (χ1v) is 5.07. The standard InChI is InChI=1S/C7H9NS.C2H7N/c1-9-7-5-3-2-4-6(7)8;1-2-3/h2-5H,8H2,1H3;2-3H2,1H3. The number of benzene rings is 1. The Morgan fingerprint density at radius 1 is 1.33 bits per heavy atom. The van der Waals surface area contributed by atoms with E-state index < -0.39 is 0 Å². The zero-order valence-corrected chi connectivity index (χ0v) is 8.40. The van der Waals surface area contributed by atoms with E-state index in [0.717, 1.165) is 17.1 Å². The Bertz CT molecular complexity index is 213. The van der Waals surface area contributed by atoms with Crippen LogP contribution in [0.15, 0.2) is 29.2 Å². The molecular weight excluding hydrogens is 168 g/mol. The van der Waals surface area contributed by atoms with Crippen LogP contribution in [-0.2, 0) is 0 Å². The monoisotopic (exact) mass is 184 g/mol. The van der Waals surface area contributed by atoms with E-state index >= 15 is 0 Å². The number of nitrogen functional groups attached to an aromatic ring is 1. The van der Waals surface area contributed by atoms with Crippen LogP contribution in [0.4, 0.5) is 5.69 Å². The molecule has 0 radical (unpaired) electrons. The molecule has 0 fully saturated rings. The van der Waals surface area contributed by atoms with Crippen molar-refractivity contribution in [3.05, 3.63) is 24.3 Å². The van der Waals surface area contributed by atoms with Crippen LogP contribution in [-0.4, -0.2) is 12.8 Å². The third-order valence-corrected chi connectivity index (χ3v) is 1.95. The van der Waals surface area contributed by atoms with Gasteiger partial charge in [-0.2, -0.15) is 0 Å². The van der Waals surface area contributed by atoms with Crippen molar-refractivity contribution in [2.45, 2.75) is 11.8 Å². The predicted molar refractivity (Wildman–Crippen MR) is 57.4 cm³/mol. The Balaban J connectivity index is 0.000000354. The quantitative estimate of drug-likeness (QED) is 0.518. The molecule has 0 saturated carbocycles. The normalized spacial score (nSPS) is 8.58. The first-order chi connectivity index (χ1) is 5.76. The molecular formula is C9H16N2S. The summed E-state index contributed by atoms with van der Waals surface area (Å²) in [7, 11) is 0. The third-order valence-electron chi connectivity index (χ3n) is 1.14. The minimum atomic E-state index is 0.750. The van der Waals surface area contributed by atoms with E-state index in [-0.39, 0.29) is 0 Å². The number of hydrogen-bond acceptors (Lipinski definition) is 3. The average molecular weight is 184 g/mol. The number of rotatable bonds is 1. The van der Waals surface area contributed by atoms with Crippen molar-refractivity contribution >= 4 is 17.4 Å². The fourth-order valence-corrected chi connectivity index (χ4v) is 1.18. The van der Waals surface area contributed by atoms with Gasteiger partial charge in [-0.1, -0.05) is 19.1 Å². The SMILES string of the molecule is CCN.CSc1ccccc1N. The van der Waals surface area contributed by atoms with E-state index in [9.17, 15) is 0 Å². The molecule has 1 aromatic carbocycles. The molecule has 68 valence electrons.